The maximum atomic E-state index is 12.9. The van der Waals surface area contributed by atoms with Crippen molar-refractivity contribution < 1.29 is 4.79 Å². The van der Waals surface area contributed by atoms with Gasteiger partial charge in [-0.2, -0.15) is 0 Å². The summed E-state index contributed by atoms with van der Waals surface area (Å²) in [5.74, 6) is 2.57. The third-order valence-corrected chi connectivity index (χ3v) is 7.02. The van der Waals surface area contributed by atoms with Crippen LogP contribution in [0.4, 0.5) is 5.82 Å². The normalized spacial score (nSPS) is 31.6. The van der Waals surface area contributed by atoms with E-state index in [9.17, 15) is 4.79 Å². The summed E-state index contributed by atoms with van der Waals surface area (Å²) >= 11 is 0. The quantitative estimate of drug-likeness (QED) is 0.848. The van der Waals surface area contributed by atoms with Crippen molar-refractivity contribution in [2.24, 2.45) is 23.5 Å². The fraction of sp³-hybridized carbons (Fsp3) is 0.762. The number of aryl methyl sites for hydroxylation is 1. The van der Waals surface area contributed by atoms with E-state index < -0.39 is 0 Å². The summed E-state index contributed by atoms with van der Waals surface area (Å²) < 4.78 is 0. The molecule has 2 unspecified atom stereocenters. The number of hydrogen-bond acceptors (Lipinski definition) is 5. The van der Waals surface area contributed by atoms with E-state index in [1.807, 2.05) is 0 Å². The Kier molecular flexibility index (Phi) is 5.62. The molecule has 6 heteroatoms. The van der Waals surface area contributed by atoms with Gasteiger partial charge in [0.1, 0.15) is 12.1 Å². The number of carbonyl (C=O) groups excluding carboxylic acids is 1. The zero-order valence-corrected chi connectivity index (χ0v) is 16.4. The lowest BCUT2D eigenvalue weighted by atomic mass is 9.65. The minimum Gasteiger partial charge on any atom is -0.356 e. The fourth-order valence-electron chi connectivity index (χ4n) is 5.33. The Labute approximate surface area is 162 Å². The Morgan fingerprint density at radius 2 is 1.89 bits per heavy atom. The van der Waals surface area contributed by atoms with Crippen LogP contribution >= 0.6 is 0 Å². The van der Waals surface area contributed by atoms with Crippen LogP contribution in [-0.2, 0) is 11.2 Å². The van der Waals surface area contributed by atoms with Crippen LogP contribution in [0, 0.1) is 17.8 Å². The van der Waals surface area contributed by atoms with Crippen molar-refractivity contribution in [2.45, 2.75) is 70.4 Å². The maximum Gasteiger partial charge on any atom is 0.223 e. The predicted octanol–water partition coefficient (Wildman–Crippen LogP) is 2.28. The van der Waals surface area contributed by atoms with Gasteiger partial charge in [0, 0.05) is 42.9 Å². The molecule has 2 saturated carbocycles. The number of nitrogens with one attached hydrogen (secondary N) is 1. The van der Waals surface area contributed by atoms with Crippen molar-refractivity contribution in [3.05, 3.63) is 18.1 Å². The summed E-state index contributed by atoms with van der Waals surface area (Å²) in [7, 11) is 0. The van der Waals surface area contributed by atoms with E-state index in [1.165, 1.54) is 19.3 Å². The van der Waals surface area contributed by atoms with Crippen LogP contribution in [-0.4, -0.2) is 41.0 Å². The highest BCUT2D eigenvalue weighted by Gasteiger charge is 2.40. The van der Waals surface area contributed by atoms with E-state index in [4.69, 9.17) is 5.73 Å². The molecule has 1 saturated heterocycles. The van der Waals surface area contributed by atoms with Crippen LogP contribution < -0.4 is 16.0 Å². The topological polar surface area (TPSA) is 84.1 Å². The zero-order chi connectivity index (χ0) is 18.8. The van der Waals surface area contributed by atoms with Gasteiger partial charge in [0.2, 0.25) is 5.91 Å². The smallest absolute Gasteiger partial charge is 0.223 e. The van der Waals surface area contributed by atoms with Crippen molar-refractivity contribution in [1.29, 1.82) is 0 Å². The standard InChI is InChI=1S/C21H33N5O/c1-2-17-12-19(24-13-23-17)26-8-6-18(7-9-26)25-21(27)16-10-14-4-3-5-15(11-16)20(14)22/h12-16,18,20H,2-11,22H2,1H3,(H,25,27). The lowest BCUT2D eigenvalue weighted by molar-refractivity contribution is -0.128. The van der Waals surface area contributed by atoms with Gasteiger partial charge >= 0.3 is 0 Å². The van der Waals surface area contributed by atoms with Gasteiger partial charge in [-0.3, -0.25) is 4.79 Å². The van der Waals surface area contributed by atoms with Gasteiger partial charge in [-0.15, -0.1) is 0 Å². The molecule has 0 radical (unpaired) electrons. The summed E-state index contributed by atoms with van der Waals surface area (Å²) in [6.45, 7) is 3.98. The first-order chi connectivity index (χ1) is 13.1. The summed E-state index contributed by atoms with van der Waals surface area (Å²) in [6, 6.07) is 2.70. The number of nitrogens with zero attached hydrogens (tertiary/aromatic N) is 3. The minimum absolute atomic E-state index is 0.173. The maximum absolute atomic E-state index is 12.9. The Balaban J connectivity index is 1.28. The van der Waals surface area contributed by atoms with E-state index in [1.54, 1.807) is 6.33 Å². The third-order valence-electron chi connectivity index (χ3n) is 7.02. The predicted molar refractivity (Wildman–Crippen MR) is 106 cm³/mol. The molecule has 6 nitrogen and oxygen atoms in total. The van der Waals surface area contributed by atoms with Crippen molar-refractivity contribution in [3.63, 3.8) is 0 Å². The van der Waals surface area contributed by atoms with Crippen LogP contribution in [0.1, 0.15) is 57.6 Å². The Bertz CT molecular complexity index is 644. The number of anilines is 1. The third kappa shape index (κ3) is 4.10. The first-order valence-electron chi connectivity index (χ1n) is 10.8. The molecule has 2 atom stereocenters. The first-order valence-corrected chi connectivity index (χ1v) is 10.8. The summed E-state index contributed by atoms with van der Waals surface area (Å²) in [6.07, 6.45) is 10.2. The van der Waals surface area contributed by atoms with Crippen LogP contribution in [0.15, 0.2) is 12.4 Å². The lowest BCUT2D eigenvalue weighted by Gasteiger charge is -2.44. The van der Waals surface area contributed by atoms with Crippen LogP contribution in [0.25, 0.3) is 0 Å². The van der Waals surface area contributed by atoms with E-state index in [0.717, 1.165) is 56.7 Å². The second-order valence-electron chi connectivity index (χ2n) is 8.69. The average molecular weight is 372 g/mol. The molecule has 3 aliphatic rings. The largest absolute Gasteiger partial charge is 0.356 e. The lowest BCUT2D eigenvalue weighted by Crippen LogP contribution is -2.51. The van der Waals surface area contributed by atoms with Gasteiger partial charge in [0.05, 0.1) is 0 Å². The van der Waals surface area contributed by atoms with E-state index in [0.29, 0.717) is 17.9 Å². The number of piperidine rings is 1. The zero-order valence-electron chi connectivity index (χ0n) is 16.4. The van der Waals surface area contributed by atoms with Crippen molar-refractivity contribution >= 4 is 11.7 Å². The average Bonchev–Trinajstić information content (AvgIpc) is 2.68. The molecule has 27 heavy (non-hydrogen) atoms. The Hall–Kier alpha value is -1.69. The number of fused-ring (bicyclic) bond motifs is 2. The molecule has 1 amide bonds. The molecule has 2 aliphatic carbocycles. The number of carbonyl (C=O) groups is 1. The van der Waals surface area contributed by atoms with Gasteiger partial charge in [-0.1, -0.05) is 13.3 Å². The van der Waals surface area contributed by atoms with Crippen LogP contribution in [0.3, 0.4) is 0 Å². The monoisotopic (exact) mass is 371 g/mol. The molecule has 1 aromatic heterocycles. The number of amides is 1. The molecule has 3 fully saturated rings. The van der Waals surface area contributed by atoms with Gasteiger partial charge in [0.25, 0.3) is 0 Å². The highest BCUT2D eigenvalue weighted by Crippen LogP contribution is 2.42. The molecule has 4 rings (SSSR count). The Morgan fingerprint density at radius 1 is 1.19 bits per heavy atom. The molecule has 0 aromatic carbocycles. The number of hydrogen-bond donors (Lipinski definition) is 2. The highest BCUT2D eigenvalue weighted by atomic mass is 16.1. The molecule has 1 aromatic rings. The fourth-order valence-corrected chi connectivity index (χ4v) is 5.33. The van der Waals surface area contributed by atoms with Gasteiger partial charge in [0.15, 0.2) is 0 Å². The molecular weight excluding hydrogens is 338 g/mol. The molecular formula is C21H33N5O. The van der Waals surface area contributed by atoms with Crippen molar-refractivity contribution in [3.8, 4) is 0 Å². The highest BCUT2D eigenvalue weighted by molar-refractivity contribution is 5.79. The molecule has 0 spiro atoms. The van der Waals surface area contributed by atoms with Gasteiger partial charge in [-0.25, -0.2) is 9.97 Å². The van der Waals surface area contributed by atoms with Crippen LogP contribution in [0.5, 0.6) is 0 Å². The van der Waals surface area contributed by atoms with E-state index in [2.05, 4.69) is 33.2 Å². The molecule has 1 aliphatic heterocycles. The summed E-state index contributed by atoms with van der Waals surface area (Å²) in [4.78, 5) is 23.9. The SMILES string of the molecule is CCc1cc(N2CCC(NC(=O)C3CC4CCCC(C3)C4N)CC2)ncn1. The van der Waals surface area contributed by atoms with Gasteiger partial charge in [-0.05, 0) is 56.8 Å². The summed E-state index contributed by atoms with van der Waals surface area (Å²) in [5.41, 5.74) is 7.45. The summed E-state index contributed by atoms with van der Waals surface area (Å²) in [5, 5.41) is 3.35. The van der Waals surface area contributed by atoms with E-state index in [-0.39, 0.29) is 17.9 Å². The molecule has 3 N–H and O–H groups in total. The Morgan fingerprint density at radius 3 is 2.56 bits per heavy atom. The van der Waals surface area contributed by atoms with E-state index >= 15 is 0 Å². The number of rotatable bonds is 4. The molecule has 148 valence electrons. The molecule has 2 heterocycles. The minimum atomic E-state index is 0.173. The first kappa shape index (κ1) is 18.7. The second kappa shape index (κ2) is 8.13. The van der Waals surface area contributed by atoms with Gasteiger partial charge < -0.3 is 16.0 Å². The number of aromatic nitrogens is 2. The van der Waals surface area contributed by atoms with Crippen LogP contribution in [0.2, 0.25) is 0 Å². The second-order valence-corrected chi connectivity index (χ2v) is 8.69. The molecule has 2 bridgehead atoms. The van der Waals surface area contributed by atoms with Crippen molar-refractivity contribution in [2.75, 3.05) is 18.0 Å². The van der Waals surface area contributed by atoms with Crippen molar-refractivity contribution in [1.82, 2.24) is 15.3 Å². The number of nitrogens with two attached hydrogens (primary N) is 1.